The van der Waals surface area contributed by atoms with Crippen LogP contribution in [0.15, 0.2) is 176 Å². The van der Waals surface area contributed by atoms with Gasteiger partial charge in [0.05, 0.1) is 62.3 Å². The van der Waals surface area contributed by atoms with Gasteiger partial charge >= 0.3 is 6.18 Å². The molecule has 4 nitrogen and oxygen atoms in total. The van der Waals surface area contributed by atoms with E-state index in [2.05, 4.69) is 152 Å². The lowest BCUT2D eigenvalue weighted by atomic mass is 9.80. The highest BCUT2D eigenvalue weighted by atomic mass is 19.4. The van der Waals surface area contributed by atoms with Gasteiger partial charge in [-0.15, -0.1) is 0 Å². The van der Waals surface area contributed by atoms with E-state index in [1.54, 1.807) is 12.1 Å². The standard InChI is InChI=1S/C63H41F3N4/c1-61(2)47-19-9-5-15-40(47)42-27-30-54-57(59(42)61)44-17-7-11-21-50(44)69(54)52-29-25-37(39-26-24-36(34-67)32-49(39)63(64,65)66)33-46(52)56-38(35-68)14-13-23-53(56)70-51-22-12-8-18-45(51)58-55(70)31-28-43-41-16-6-10-20-48(41)62(3,4)60(43)58/h5-33H,1-4H3. The molecule has 9 aromatic carbocycles. The van der Waals surface area contributed by atoms with Gasteiger partial charge in [-0.05, 0) is 116 Å². The van der Waals surface area contributed by atoms with Crippen molar-refractivity contribution in [2.75, 3.05) is 0 Å². The van der Waals surface area contributed by atoms with Crippen molar-refractivity contribution in [1.29, 1.82) is 10.5 Å². The molecule has 0 spiro atoms. The molecule has 2 aromatic heterocycles. The van der Waals surface area contributed by atoms with Gasteiger partial charge in [-0.3, -0.25) is 0 Å². The van der Waals surface area contributed by atoms with E-state index < -0.39 is 11.7 Å². The number of nitrogens with zero attached hydrogens (tertiary/aromatic N) is 4. The quantitative estimate of drug-likeness (QED) is 0.177. The second kappa shape index (κ2) is 14.4. The molecule has 0 fully saturated rings. The summed E-state index contributed by atoms with van der Waals surface area (Å²) in [6.45, 7) is 9.11. The minimum absolute atomic E-state index is 0.0657. The molecule has 70 heavy (non-hydrogen) atoms. The van der Waals surface area contributed by atoms with Gasteiger partial charge < -0.3 is 9.13 Å². The predicted octanol–water partition coefficient (Wildman–Crippen LogP) is 16.6. The third-order valence-corrected chi connectivity index (χ3v) is 15.4. The third kappa shape index (κ3) is 5.52. The summed E-state index contributed by atoms with van der Waals surface area (Å²) < 4.78 is 49.9. The van der Waals surface area contributed by atoms with Crippen LogP contribution in [-0.4, -0.2) is 9.13 Å². The summed E-state index contributed by atoms with van der Waals surface area (Å²) in [6.07, 6.45) is -4.76. The molecule has 2 heterocycles. The van der Waals surface area contributed by atoms with Crippen LogP contribution in [0.5, 0.6) is 0 Å². The van der Waals surface area contributed by atoms with Crippen LogP contribution in [0, 0.1) is 22.7 Å². The summed E-state index contributed by atoms with van der Waals surface area (Å²) in [4.78, 5) is 0. The van der Waals surface area contributed by atoms with Crippen molar-refractivity contribution in [3.8, 4) is 68.0 Å². The second-order valence-electron chi connectivity index (χ2n) is 19.7. The van der Waals surface area contributed by atoms with Crippen LogP contribution in [0.3, 0.4) is 0 Å². The van der Waals surface area contributed by atoms with Gasteiger partial charge in [0, 0.05) is 43.5 Å². The maximum Gasteiger partial charge on any atom is 0.417 e. The molecule has 7 heteroatoms. The van der Waals surface area contributed by atoms with Crippen LogP contribution in [0.1, 0.15) is 66.6 Å². The summed E-state index contributed by atoms with van der Waals surface area (Å²) in [5.74, 6) is 0. The fraction of sp³-hybridized carbons (Fsp3) is 0.111. The molecule has 11 aromatic rings. The van der Waals surface area contributed by atoms with Gasteiger partial charge in [-0.1, -0.05) is 143 Å². The first kappa shape index (κ1) is 41.5. The molecule has 0 saturated heterocycles. The maximum absolute atomic E-state index is 15.1. The lowest BCUT2D eigenvalue weighted by molar-refractivity contribution is -0.137. The van der Waals surface area contributed by atoms with Gasteiger partial charge in [0.1, 0.15) is 0 Å². The average molecular weight is 911 g/mol. The number of alkyl halides is 3. The Kier molecular flexibility index (Phi) is 8.56. The van der Waals surface area contributed by atoms with E-state index in [-0.39, 0.29) is 22.0 Å². The van der Waals surface area contributed by atoms with Crippen molar-refractivity contribution in [2.24, 2.45) is 0 Å². The number of benzene rings is 9. The number of nitriles is 2. The van der Waals surface area contributed by atoms with E-state index in [0.29, 0.717) is 33.6 Å². The summed E-state index contributed by atoms with van der Waals surface area (Å²) >= 11 is 0. The minimum Gasteiger partial charge on any atom is -0.309 e. The predicted molar refractivity (Wildman–Crippen MR) is 276 cm³/mol. The molecule has 0 aliphatic heterocycles. The molecule has 2 aliphatic carbocycles. The fourth-order valence-corrected chi connectivity index (χ4v) is 12.5. The van der Waals surface area contributed by atoms with Crippen molar-refractivity contribution >= 4 is 43.6 Å². The molecule has 2 aliphatic rings. The van der Waals surface area contributed by atoms with Crippen LogP contribution in [0.2, 0.25) is 0 Å². The van der Waals surface area contributed by atoms with E-state index in [1.165, 1.54) is 56.6 Å². The van der Waals surface area contributed by atoms with Crippen LogP contribution >= 0.6 is 0 Å². The number of hydrogen-bond acceptors (Lipinski definition) is 2. The monoisotopic (exact) mass is 910 g/mol. The highest BCUT2D eigenvalue weighted by molar-refractivity contribution is 6.17. The summed E-state index contributed by atoms with van der Waals surface area (Å²) in [5.41, 5.74) is 15.0. The number of para-hydroxylation sites is 2. The van der Waals surface area contributed by atoms with Crippen LogP contribution in [0.4, 0.5) is 13.2 Å². The number of hydrogen-bond donors (Lipinski definition) is 0. The number of rotatable bonds is 4. The Morgan fingerprint density at radius 3 is 1.53 bits per heavy atom. The number of aromatic nitrogens is 2. The molecule has 0 unspecified atom stereocenters. The highest BCUT2D eigenvalue weighted by Crippen LogP contribution is 2.56. The molecular weight excluding hydrogens is 870 g/mol. The molecule has 0 amide bonds. The van der Waals surface area contributed by atoms with Gasteiger partial charge in [0.15, 0.2) is 0 Å². The number of fused-ring (bicyclic) bond motifs is 14. The first-order valence-electron chi connectivity index (χ1n) is 23.5. The van der Waals surface area contributed by atoms with Crippen molar-refractivity contribution in [3.63, 3.8) is 0 Å². The van der Waals surface area contributed by atoms with Gasteiger partial charge in [0.25, 0.3) is 0 Å². The molecule has 0 bridgehead atoms. The van der Waals surface area contributed by atoms with Gasteiger partial charge in [0.2, 0.25) is 0 Å². The van der Waals surface area contributed by atoms with Gasteiger partial charge in [-0.2, -0.15) is 23.7 Å². The van der Waals surface area contributed by atoms with E-state index in [0.717, 1.165) is 49.7 Å². The first-order valence-corrected chi connectivity index (χ1v) is 23.5. The highest BCUT2D eigenvalue weighted by Gasteiger charge is 2.40. The van der Waals surface area contributed by atoms with Gasteiger partial charge in [-0.25, -0.2) is 0 Å². The SMILES string of the molecule is CC1(C)c2ccccc2-c2ccc3c(c21)c1ccccc1n3-c1ccc(-c2ccc(C#N)cc2C(F)(F)F)cc1-c1c(C#N)cccc1-n1c2ccccc2c2c3c(ccc21)-c1ccccc1C3(C)C. The largest absolute Gasteiger partial charge is 0.417 e. The van der Waals surface area contributed by atoms with E-state index in [9.17, 15) is 10.5 Å². The summed E-state index contributed by atoms with van der Waals surface area (Å²) in [7, 11) is 0. The Balaban J connectivity index is 1.16. The molecule has 0 saturated carbocycles. The number of halogens is 3. The van der Waals surface area contributed by atoms with Crippen molar-refractivity contribution < 1.29 is 13.2 Å². The average Bonchev–Trinajstić information content (AvgIpc) is 4.04. The van der Waals surface area contributed by atoms with Crippen LogP contribution in [-0.2, 0) is 17.0 Å². The van der Waals surface area contributed by atoms with Crippen molar-refractivity contribution in [3.05, 3.63) is 215 Å². The minimum atomic E-state index is -4.76. The molecule has 0 radical (unpaired) electrons. The van der Waals surface area contributed by atoms with E-state index in [1.807, 2.05) is 42.5 Å². The zero-order chi connectivity index (χ0) is 48.0. The van der Waals surface area contributed by atoms with Crippen LogP contribution < -0.4 is 0 Å². The topological polar surface area (TPSA) is 57.4 Å². The van der Waals surface area contributed by atoms with Crippen molar-refractivity contribution in [1.82, 2.24) is 9.13 Å². The third-order valence-electron chi connectivity index (χ3n) is 15.4. The maximum atomic E-state index is 15.1. The lowest BCUT2D eigenvalue weighted by Crippen LogP contribution is -2.15. The Morgan fingerprint density at radius 1 is 0.443 bits per heavy atom. The van der Waals surface area contributed by atoms with Crippen LogP contribution in [0.25, 0.3) is 99.5 Å². The molecule has 0 atom stereocenters. The molecular formula is C63H41F3N4. The van der Waals surface area contributed by atoms with E-state index >= 15 is 13.2 Å². The summed E-state index contributed by atoms with van der Waals surface area (Å²) in [6, 6.07) is 61.9. The van der Waals surface area contributed by atoms with Crippen molar-refractivity contribution in [2.45, 2.75) is 44.7 Å². The normalized spacial score (nSPS) is 14.1. The Hall–Kier alpha value is -8.65. The zero-order valence-electron chi connectivity index (χ0n) is 38.7. The Morgan fingerprint density at radius 2 is 0.971 bits per heavy atom. The Bertz CT molecular complexity index is 4200. The fourth-order valence-electron chi connectivity index (χ4n) is 12.5. The van der Waals surface area contributed by atoms with E-state index in [4.69, 9.17) is 0 Å². The second-order valence-corrected chi connectivity index (χ2v) is 19.7. The molecule has 13 rings (SSSR count). The first-order chi connectivity index (χ1) is 33.8. The molecule has 334 valence electrons. The zero-order valence-corrected chi connectivity index (χ0v) is 38.7. The lowest BCUT2D eigenvalue weighted by Gasteiger charge is -2.23. The molecule has 0 N–H and O–H groups in total. The summed E-state index contributed by atoms with van der Waals surface area (Å²) in [5, 5.41) is 25.4. The Labute approximate surface area is 402 Å². The smallest absolute Gasteiger partial charge is 0.309 e.